The van der Waals surface area contributed by atoms with Gasteiger partial charge in [0.25, 0.3) is 0 Å². The maximum absolute atomic E-state index is 11.6. The molecule has 1 aromatic rings. The molecule has 20 heavy (non-hydrogen) atoms. The SMILES string of the molecule is CCCCOCCN(C(=O)Cl)c1cc(C)c(Br)c(C)c1. The van der Waals surface area contributed by atoms with E-state index in [4.69, 9.17) is 16.3 Å². The standard InChI is InChI=1S/C15H21BrClNO2/c1-4-5-7-20-8-6-18(15(17)19)13-9-11(2)14(16)12(3)10-13/h9-10H,4-8H2,1-3H3. The maximum Gasteiger partial charge on any atom is 0.320 e. The number of carbonyl (C=O) groups excluding carboxylic acids is 1. The monoisotopic (exact) mass is 361 g/mol. The van der Waals surface area contributed by atoms with Gasteiger partial charge in [-0.25, -0.2) is 0 Å². The third-order valence-corrected chi connectivity index (χ3v) is 4.50. The molecule has 0 saturated heterocycles. The van der Waals surface area contributed by atoms with Crippen LogP contribution in [0.3, 0.4) is 0 Å². The first-order chi connectivity index (χ1) is 9.47. The third kappa shape index (κ3) is 5.08. The Hall–Kier alpha value is -0.580. The van der Waals surface area contributed by atoms with Crippen LogP contribution in [0, 0.1) is 13.8 Å². The number of carbonyl (C=O) groups is 1. The average molecular weight is 363 g/mol. The van der Waals surface area contributed by atoms with Crippen molar-refractivity contribution in [1.82, 2.24) is 0 Å². The molecule has 1 rings (SSSR count). The van der Waals surface area contributed by atoms with Crippen LogP contribution < -0.4 is 4.90 Å². The predicted octanol–water partition coefficient (Wildman–Crippen LogP) is 5.05. The molecule has 0 radical (unpaired) electrons. The number of amides is 1. The highest BCUT2D eigenvalue weighted by Gasteiger charge is 2.15. The zero-order valence-electron chi connectivity index (χ0n) is 12.2. The van der Waals surface area contributed by atoms with Crippen LogP contribution in [0.4, 0.5) is 10.5 Å². The van der Waals surface area contributed by atoms with Gasteiger partial charge >= 0.3 is 5.37 Å². The number of halogens is 2. The van der Waals surface area contributed by atoms with Gasteiger partial charge < -0.3 is 4.74 Å². The van der Waals surface area contributed by atoms with Gasteiger partial charge in [-0.05, 0) is 55.1 Å². The molecular weight excluding hydrogens is 342 g/mol. The summed E-state index contributed by atoms with van der Waals surface area (Å²) in [5.41, 5.74) is 2.96. The number of nitrogens with zero attached hydrogens (tertiary/aromatic N) is 1. The second-order valence-corrected chi connectivity index (χ2v) is 5.88. The summed E-state index contributed by atoms with van der Waals surface area (Å²) in [7, 11) is 0. The first-order valence-electron chi connectivity index (χ1n) is 6.78. The van der Waals surface area contributed by atoms with E-state index in [0.717, 1.165) is 40.7 Å². The molecule has 0 N–H and O–H groups in total. The van der Waals surface area contributed by atoms with Gasteiger partial charge in [0.05, 0.1) is 13.2 Å². The Morgan fingerprint density at radius 2 is 1.90 bits per heavy atom. The van der Waals surface area contributed by atoms with Crippen LogP contribution in [0.25, 0.3) is 0 Å². The van der Waals surface area contributed by atoms with Crippen molar-refractivity contribution in [2.24, 2.45) is 0 Å². The van der Waals surface area contributed by atoms with E-state index in [1.165, 1.54) is 0 Å². The number of unbranched alkanes of at least 4 members (excludes halogenated alkanes) is 1. The van der Waals surface area contributed by atoms with Crippen molar-refractivity contribution in [2.75, 3.05) is 24.7 Å². The Kier molecular flexibility index (Phi) is 7.56. The first-order valence-corrected chi connectivity index (χ1v) is 7.96. The molecule has 0 saturated carbocycles. The molecule has 1 aromatic carbocycles. The van der Waals surface area contributed by atoms with Gasteiger partial charge in [-0.1, -0.05) is 29.3 Å². The summed E-state index contributed by atoms with van der Waals surface area (Å²) >= 11 is 9.20. The molecule has 0 unspecified atom stereocenters. The highest BCUT2D eigenvalue weighted by atomic mass is 79.9. The minimum atomic E-state index is -0.481. The third-order valence-electron chi connectivity index (χ3n) is 3.05. The lowest BCUT2D eigenvalue weighted by Gasteiger charge is -2.21. The molecule has 5 heteroatoms. The summed E-state index contributed by atoms with van der Waals surface area (Å²) in [6.45, 7) is 7.79. The van der Waals surface area contributed by atoms with E-state index in [0.29, 0.717) is 13.2 Å². The van der Waals surface area contributed by atoms with E-state index in [1.54, 1.807) is 4.90 Å². The van der Waals surface area contributed by atoms with E-state index < -0.39 is 5.37 Å². The van der Waals surface area contributed by atoms with E-state index in [9.17, 15) is 4.79 Å². The summed E-state index contributed by atoms with van der Waals surface area (Å²) in [6, 6.07) is 3.90. The van der Waals surface area contributed by atoms with Crippen molar-refractivity contribution in [3.05, 3.63) is 27.7 Å². The summed E-state index contributed by atoms with van der Waals surface area (Å²) in [5, 5.41) is -0.481. The minimum Gasteiger partial charge on any atom is -0.380 e. The molecule has 0 aliphatic heterocycles. The van der Waals surface area contributed by atoms with E-state index >= 15 is 0 Å². The number of benzene rings is 1. The van der Waals surface area contributed by atoms with Gasteiger partial charge in [0.2, 0.25) is 0 Å². The molecule has 3 nitrogen and oxygen atoms in total. The topological polar surface area (TPSA) is 29.5 Å². The Balaban J connectivity index is 2.74. The van der Waals surface area contributed by atoms with Crippen LogP contribution in [-0.2, 0) is 4.74 Å². The van der Waals surface area contributed by atoms with Gasteiger partial charge in [-0.3, -0.25) is 9.69 Å². The van der Waals surface area contributed by atoms with Crippen molar-refractivity contribution in [3.63, 3.8) is 0 Å². The summed E-state index contributed by atoms with van der Waals surface area (Å²) in [6.07, 6.45) is 2.13. The van der Waals surface area contributed by atoms with Gasteiger partial charge in [-0.2, -0.15) is 0 Å². The molecular formula is C15H21BrClNO2. The zero-order valence-corrected chi connectivity index (χ0v) is 14.6. The van der Waals surface area contributed by atoms with Crippen LogP contribution in [0.5, 0.6) is 0 Å². The molecule has 1 amide bonds. The van der Waals surface area contributed by atoms with Crippen molar-refractivity contribution < 1.29 is 9.53 Å². The van der Waals surface area contributed by atoms with Crippen LogP contribution in [0.2, 0.25) is 0 Å². The summed E-state index contributed by atoms with van der Waals surface area (Å²) in [4.78, 5) is 13.1. The lowest BCUT2D eigenvalue weighted by molar-refractivity contribution is 0.138. The van der Waals surface area contributed by atoms with Crippen molar-refractivity contribution in [3.8, 4) is 0 Å². The second kappa shape index (κ2) is 8.65. The van der Waals surface area contributed by atoms with Crippen molar-refractivity contribution >= 4 is 38.6 Å². The fraction of sp³-hybridized carbons (Fsp3) is 0.533. The normalized spacial score (nSPS) is 10.7. The number of anilines is 1. The Morgan fingerprint density at radius 1 is 1.30 bits per heavy atom. The number of rotatable bonds is 7. The van der Waals surface area contributed by atoms with Crippen molar-refractivity contribution in [1.29, 1.82) is 0 Å². The van der Waals surface area contributed by atoms with Gasteiger partial charge in [0, 0.05) is 16.8 Å². The zero-order chi connectivity index (χ0) is 15.1. The van der Waals surface area contributed by atoms with Gasteiger partial charge in [-0.15, -0.1) is 0 Å². The number of aryl methyl sites for hydroxylation is 2. The predicted molar refractivity (Wildman–Crippen MR) is 87.9 cm³/mol. The molecule has 0 heterocycles. The maximum atomic E-state index is 11.6. The largest absolute Gasteiger partial charge is 0.380 e. The van der Waals surface area contributed by atoms with Crippen molar-refractivity contribution in [2.45, 2.75) is 33.6 Å². The van der Waals surface area contributed by atoms with Crippen LogP contribution in [0.15, 0.2) is 16.6 Å². The number of hydrogen-bond donors (Lipinski definition) is 0. The molecule has 0 fully saturated rings. The summed E-state index contributed by atoms with van der Waals surface area (Å²) < 4.78 is 6.56. The molecule has 0 spiro atoms. The smallest absolute Gasteiger partial charge is 0.320 e. The average Bonchev–Trinajstić information content (AvgIpc) is 2.39. The minimum absolute atomic E-state index is 0.465. The molecule has 0 atom stereocenters. The van der Waals surface area contributed by atoms with Crippen LogP contribution in [0.1, 0.15) is 30.9 Å². The Morgan fingerprint density at radius 3 is 2.40 bits per heavy atom. The lowest BCUT2D eigenvalue weighted by atomic mass is 10.1. The van der Waals surface area contributed by atoms with Crippen LogP contribution >= 0.6 is 27.5 Å². The first kappa shape index (κ1) is 17.5. The molecule has 0 aliphatic carbocycles. The fourth-order valence-corrected chi connectivity index (χ4v) is 2.31. The molecule has 0 aliphatic rings. The molecule has 112 valence electrons. The van der Waals surface area contributed by atoms with E-state index in [-0.39, 0.29) is 0 Å². The van der Waals surface area contributed by atoms with E-state index in [2.05, 4.69) is 22.9 Å². The Bertz CT molecular complexity index is 442. The number of hydrogen-bond acceptors (Lipinski definition) is 2. The molecule has 0 aromatic heterocycles. The van der Waals surface area contributed by atoms with Gasteiger partial charge in [0.15, 0.2) is 0 Å². The number of ether oxygens (including phenoxy) is 1. The fourth-order valence-electron chi connectivity index (χ4n) is 1.90. The Labute approximate surface area is 134 Å². The second-order valence-electron chi connectivity index (χ2n) is 4.76. The quantitative estimate of drug-likeness (QED) is 0.386. The highest BCUT2D eigenvalue weighted by molar-refractivity contribution is 9.10. The highest BCUT2D eigenvalue weighted by Crippen LogP contribution is 2.27. The van der Waals surface area contributed by atoms with E-state index in [1.807, 2.05) is 26.0 Å². The lowest BCUT2D eigenvalue weighted by Crippen LogP contribution is -2.30. The summed E-state index contributed by atoms with van der Waals surface area (Å²) in [5.74, 6) is 0. The van der Waals surface area contributed by atoms with Gasteiger partial charge in [0.1, 0.15) is 0 Å². The molecule has 0 bridgehead atoms. The van der Waals surface area contributed by atoms with Crippen LogP contribution in [-0.4, -0.2) is 25.1 Å².